The molecular weight excluding hydrogens is 418 g/mol. The largest absolute Gasteiger partial charge is 0.399 e. The standard InChI is InChI=1S/C26H33N3O4/c1-23-11-10-20-24(2)12-9-18(30)15-25(24)13-14-26(20,33-32-25)19(23)7-8-21(23)28-29-22(31)16-3-5-17(27)6-4-16/h3-6,13-14,18-20,30H,7-12,15,27H2,1-2H3,(H,29,31)/b28-21+/t18-,19+,20+,23-,24+,25+,26-/m0/s1. The van der Waals surface area contributed by atoms with E-state index in [0.717, 1.165) is 44.2 Å². The lowest BCUT2D eigenvalue weighted by Crippen LogP contribution is -2.73. The summed E-state index contributed by atoms with van der Waals surface area (Å²) >= 11 is 0. The fourth-order valence-corrected chi connectivity index (χ4v) is 7.89. The first-order chi connectivity index (χ1) is 15.7. The molecule has 0 aromatic heterocycles. The van der Waals surface area contributed by atoms with E-state index in [0.29, 0.717) is 23.6 Å². The molecule has 1 saturated heterocycles. The van der Waals surface area contributed by atoms with E-state index >= 15 is 0 Å². The summed E-state index contributed by atoms with van der Waals surface area (Å²) in [7, 11) is 0. The molecular formula is C26H33N3O4. The predicted molar refractivity (Wildman–Crippen MR) is 124 cm³/mol. The van der Waals surface area contributed by atoms with Gasteiger partial charge in [-0.2, -0.15) is 5.10 Å². The summed E-state index contributed by atoms with van der Waals surface area (Å²) in [6.07, 6.45) is 10.2. The van der Waals surface area contributed by atoms with Gasteiger partial charge in [0.15, 0.2) is 0 Å². The monoisotopic (exact) mass is 451 g/mol. The van der Waals surface area contributed by atoms with Gasteiger partial charge in [-0.15, -0.1) is 0 Å². The number of nitrogens with one attached hydrogen (secondary N) is 1. The number of aliphatic hydroxyl groups is 1. The van der Waals surface area contributed by atoms with Crippen molar-refractivity contribution >= 4 is 17.3 Å². The molecule has 4 N–H and O–H groups in total. The minimum absolute atomic E-state index is 0.0518. The van der Waals surface area contributed by atoms with E-state index in [2.05, 4.69) is 36.5 Å². The minimum atomic E-state index is -0.534. The number of hydrogen-bond donors (Lipinski definition) is 3. The Morgan fingerprint density at radius 3 is 2.61 bits per heavy atom. The van der Waals surface area contributed by atoms with E-state index in [1.807, 2.05) is 0 Å². The van der Waals surface area contributed by atoms with Crippen molar-refractivity contribution in [2.45, 2.75) is 76.1 Å². The molecule has 3 saturated carbocycles. The summed E-state index contributed by atoms with van der Waals surface area (Å²) in [5, 5.41) is 15.0. The smallest absolute Gasteiger partial charge is 0.271 e. The third-order valence-corrected chi connectivity index (χ3v) is 9.82. The highest BCUT2D eigenvalue weighted by atomic mass is 17.2. The van der Waals surface area contributed by atoms with E-state index in [-0.39, 0.29) is 28.8 Å². The third kappa shape index (κ3) is 2.73. The maximum atomic E-state index is 12.6. The van der Waals surface area contributed by atoms with Crippen LogP contribution in [0.15, 0.2) is 41.5 Å². The average Bonchev–Trinajstić information content (AvgIpc) is 3.15. The Kier molecular flexibility index (Phi) is 4.46. The molecule has 2 aliphatic heterocycles. The van der Waals surface area contributed by atoms with Crippen molar-refractivity contribution < 1.29 is 19.7 Å². The Balaban J connectivity index is 1.29. The molecule has 4 aliphatic carbocycles. The molecule has 0 radical (unpaired) electrons. The van der Waals surface area contributed by atoms with E-state index in [1.54, 1.807) is 24.3 Å². The maximum absolute atomic E-state index is 12.6. The van der Waals surface area contributed by atoms with Crippen LogP contribution < -0.4 is 11.2 Å². The lowest BCUT2D eigenvalue weighted by molar-refractivity contribution is -0.496. The van der Waals surface area contributed by atoms with Crippen molar-refractivity contribution in [1.82, 2.24) is 5.43 Å². The van der Waals surface area contributed by atoms with Gasteiger partial charge in [-0.3, -0.25) is 4.79 Å². The average molecular weight is 452 g/mol. The van der Waals surface area contributed by atoms with Crippen molar-refractivity contribution in [3.8, 4) is 0 Å². The van der Waals surface area contributed by atoms with Gasteiger partial charge in [-0.25, -0.2) is 15.2 Å². The number of carbonyl (C=O) groups is 1. The maximum Gasteiger partial charge on any atom is 0.271 e. The van der Waals surface area contributed by atoms with Crippen molar-refractivity contribution in [1.29, 1.82) is 0 Å². The van der Waals surface area contributed by atoms with Gasteiger partial charge in [0.25, 0.3) is 5.91 Å². The predicted octanol–water partition coefficient (Wildman–Crippen LogP) is 3.74. The summed E-state index contributed by atoms with van der Waals surface area (Å²) in [6, 6.07) is 6.86. The topological polar surface area (TPSA) is 106 Å². The van der Waals surface area contributed by atoms with Gasteiger partial charge < -0.3 is 10.8 Å². The molecule has 0 unspecified atom stereocenters. The second-order valence-corrected chi connectivity index (χ2v) is 11.3. The molecule has 7 nitrogen and oxygen atoms in total. The van der Waals surface area contributed by atoms with Crippen LogP contribution in [0.4, 0.5) is 5.69 Å². The van der Waals surface area contributed by atoms with E-state index in [1.165, 1.54) is 0 Å². The summed E-state index contributed by atoms with van der Waals surface area (Å²) in [4.78, 5) is 25.1. The molecule has 2 heterocycles. The van der Waals surface area contributed by atoms with Crippen molar-refractivity contribution in [2.24, 2.45) is 27.8 Å². The molecule has 176 valence electrons. The Morgan fingerprint density at radius 2 is 1.88 bits per heavy atom. The van der Waals surface area contributed by atoms with Crippen LogP contribution in [0.2, 0.25) is 0 Å². The summed E-state index contributed by atoms with van der Waals surface area (Å²) in [6.45, 7) is 4.61. The molecule has 2 bridgehead atoms. The van der Waals surface area contributed by atoms with E-state index in [9.17, 15) is 9.90 Å². The van der Waals surface area contributed by atoms with E-state index in [4.69, 9.17) is 15.5 Å². The molecule has 1 aromatic carbocycles. The highest BCUT2D eigenvalue weighted by Crippen LogP contribution is 2.70. The molecule has 7 atom stereocenters. The molecule has 7 rings (SSSR count). The minimum Gasteiger partial charge on any atom is -0.399 e. The number of hydrazone groups is 1. The van der Waals surface area contributed by atoms with Crippen LogP contribution in [0.5, 0.6) is 0 Å². The number of nitrogen functional groups attached to an aromatic ring is 1. The fourth-order valence-electron chi connectivity index (χ4n) is 7.89. The normalized spacial score (nSPS) is 46.5. The molecule has 6 aliphatic rings. The number of fused-ring (bicyclic) bond motifs is 2. The fraction of sp³-hybridized carbons (Fsp3) is 0.615. The molecule has 1 aromatic rings. The van der Waals surface area contributed by atoms with Crippen molar-refractivity contribution in [2.75, 3.05) is 5.73 Å². The van der Waals surface area contributed by atoms with Gasteiger partial charge >= 0.3 is 0 Å². The quantitative estimate of drug-likeness (QED) is 0.275. The zero-order valence-electron chi connectivity index (χ0n) is 19.3. The molecule has 2 spiro atoms. The highest BCUT2D eigenvalue weighted by molar-refractivity contribution is 5.97. The first kappa shape index (κ1) is 21.3. The number of hydrogen-bond acceptors (Lipinski definition) is 6. The number of carbonyl (C=O) groups excluding carboxylic acids is 1. The Morgan fingerprint density at radius 1 is 1.09 bits per heavy atom. The number of nitrogens with zero attached hydrogens (tertiary/aromatic N) is 1. The second-order valence-electron chi connectivity index (χ2n) is 11.3. The van der Waals surface area contributed by atoms with Gasteiger partial charge in [-0.1, -0.05) is 19.9 Å². The van der Waals surface area contributed by atoms with Crippen LogP contribution in [-0.4, -0.2) is 34.0 Å². The van der Waals surface area contributed by atoms with Crippen LogP contribution in [0.3, 0.4) is 0 Å². The van der Waals surface area contributed by atoms with Gasteiger partial charge in [0.2, 0.25) is 0 Å². The van der Waals surface area contributed by atoms with Crippen LogP contribution in [-0.2, 0) is 9.78 Å². The van der Waals surface area contributed by atoms with Gasteiger partial charge in [-0.05, 0) is 68.9 Å². The number of amides is 1. The highest BCUT2D eigenvalue weighted by Gasteiger charge is 2.74. The van der Waals surface area contributed by atoms with Crippen LogP contribution in [0.25, 0.3) is 0 Å². The lowest BCUT2D eigenvalue weighted by Gasteiger charge is -2.69. The third-order valence-electron chi connectivity index (χ3n) is 9.82. The van der Waals surface area contributed by atoms with Crippen molar-refractivity contribution in [3.05, 3.63) is 42.0 Å². The zero-order valence-corrected chi connectivity index (χ0v) is 19.3. The molecule has 33 heavy (non-hydrogen) atoms. The summed E-state index contributed by atoms with van der Waals surface area (Å²) < 4.78 is 0. The SMILES string of the molecule is C[C@]12CC[C@H]3[C@]4(C=C[C@]5(C[C@@H](O)CC[C@]35C)OO4)[C@@H]1CC/C2=N\NC(=O)c1ccc(N)cc1. The second kappa shape index (κ2) is 6.90. The zero-order chi connectivity index (χ0) is 23.1. The number of anilines is 1. The molecule has 1 amide bonds. The summed E-state index contributed by atoms with van der Waals surface area (Å²) in [5.74, 6) is 0.349. The van der Waals surface area contributed by atoms with E-state index < -0.39 is 11.2 Å². The number of aliphatic hydroxyl groups excluding tert-OH is 1. The summed E-state index contributed by atoms with van der Waals surface area (Å²) in [5.41, 5.74) is 9.48. The van der Waals surface area contributed by atoms with Crippen LogP contribution >= 0.6 is 0 Å². The Labute approximate surface area is 194 Å². The lowest BCUT2D eigenvalue weighted by atomic mass is 9.43. The van der Waals surface area contributed by atoms with Gasteiger partial charge in [0.05, 0.1) is 6.10 Å². The van der Waals surface area contributed by atoms with Crippen LogP contribution in [0.1, 0.15) is 69.2 Å². The number of rotatable bonds is 2. The first-order valence-corrected chi connectivity index (χ1v) is 12.2. The van der Waals surface area contributed by atoms with Gasteiger partial charge in [0.1, 0.15) is 11.2 Å². The molecule has 7 heteroatoms. The first-order valence-electron chi connectivity index (χ1n) is 12.2. The van der Waals surface area contributed by atoms with Crippen LogP contribution in [0, 0.1) is 22.7 Å². The van der Waals surface area contributed by atoms with Crippen molar-refractivity contribution in [3.63, 3.8) is 0 Å². The Hall–Kier alpha value is -2.22. The Bertz CT molecular complexity index is 1050. The molecule has 4 fully saturated rings. The number of nitrogens with two attached hydrogens (primary N) is 1. The number of benzene rings is 1. The van der Waals surface area contributed by atoms with Gasteiger partial charge in [0, 0.05) is 46.0 Å².